The van der Waals surface area contributed by atoms with Crippen LogP contribution in [0.1, 0.15) is 16.2 Å². The number of aryl methyl sites for hydroxylation is 1. The number of carbonyl (C=O) groups excluding carboxylic acids is 2. The molecule has 1 N–H and O–H groups in total. The molecule has 0 spiro atoms. The maximum atomic E-state index is 12.2. The molecule has 1 aliphatic rings. The van der Waals surface area contributed by atoms with Crippen molar-refractivity contribution >= 4 is 45.0 Å². The molecule has 9 heteroatoms. The maximum absolute atomic E-state index is 12.2. The molecule has 1 saturated heterocycles. The number of fused-ring (bicyclic) bond motifs is 1. The molecule has 1 aliphatic heterocycles. The molecule has 0 saturated carbocycles. The van der Waals surface area contributed by atoms with Crippen LogP contribution in [0.5, 0.6) is 0 Å². The average Bonchev–Trinajstić information content (AvgIpc) is 3.04. The van der Waals surface area contributed by atoms with E-state index in [1.807, 2.05) is 5.38 Å². The highest BCUT2D eigenvalue weighted by molar-refractivity contribution is 8.15. The number of thiazole rings is 1. The average molecular weight is 309 g/mol. The molecule has 3 heterocycles. The number of amidine groups is 1. The van der Waals surface area contributed by atoms with Gasteiger partial charge in [0.05, 0.1) is 11.4 Å². The Kier molecular flexibility index (Phi) is 3.22. The predicted molar refractivity (Wildman–Crippen MR) is 77.9 cm³/mol. The molecule has 0 unspecified atom stereocenters. The van der Waals surface area contributed by atoms with Crippen LogP contribution in [0.4, 0.5) is 0 Å². The molecule has 2 aromatic heterocycles. The van der Waals surface area contributed by atoms with E-state index < -0.39 is 0 Å². The first kappa shape index (κ1) is 13.1. The standard InChI is InChI=1S/C11H11N5O2S2/c1-6-8(16-3-4-19-10(16)12-6)9(18)13-14-11-15(2)7(17)5-20-11/h3-4H,5H2,1-2H3,(H,13,18)/b14-11-. The third kappa shape index (κ3) is 2.08. The van der Waals surface area contributed by atoms with Gasteiger partial charge < -0.3 is 0 Å². The summed E-state index contributed by atoms with van der Waals surface area (Å²) in [6.45, 7) is 1.78. The summed E-state index contributed by atoms with van der Waals surface area (Å²) in [5.41, 5.74) is 3.59. The topological polar surface area (TPSA) is 79.1 Å². The van der Waals surface area contributed by atoms with Gasteiger partial charge in [-0.3, -0.25) is 18.9 Å². The fourth-order valence-electron chi connectivity index (χ4n) is 1.85. The minimum Gasteiger partial charge on any atom is -0.292 e. The molecule has 2 amide bonds. The summed E-state index contributed by atoms with van der Waals surface area (Å²) in [5.74, 6) is -0.0101. The van der Waals surface area contributed by atoms with Gasteiger partial charge in [-0.25, -0.2) is 10.4 Å². The smallest absolute Gasteiger partial charge is 0.290 e. The Hall–Kier alpha value is -1.87. The normalized spacial score (nSPS) is 17.4. The Morgan fingerprint density at radius 1 is 1.55 bits per heavy atom. The van der Waals surface area contributed by atoms with Crippen molar-refractivity contribution in [1.82, 2.24) is 19.7 Å². The first-order chi connectivity index (χ1) is 9.58. The number of hydrogen-bond donors (Lipinski definition) is 1. The zero-order valence-electron chi connectivity index (χ0n) is 10.8. The number of nitrogens with zero attached hydrogens (tertiary/aromatic N) is 4. The summed E-state index contributed by atoms with van der Waals surface area (Å²) in [7, 11) is 1.63. The molecule has 20 heavy (non-hydrogen) atoms. The van der Waals surface area contributed by atoms with Gasteiger partial charge in [-0.2, -0.15) is 0 Å². The number of hydrogen-bond acceptors (Lipinski definition) is 6. The van der Waals surface area contributed by atoms with Crippen LogP contribution in [0.15, 0.2) is 16.7 Å². The van der Waals surface area contributed by atoms with Crippen molar-refractivity contribution in [3.8, 4) is 0 Å². The molecule has 104 valence electrons. The van der Waals surface area contributed by atoms with Crippen LogP contribution < -0.4 is 5.43 Å². The summed E-state index contributed by atoms with van der Waals surface area (Å²) in [6.07, 6.45) is 1.79. The van der Waals surface area contributed by atoms with Crippen LogP contribution in [0.2, 0.25) is 0 Å². The van der Waals surface area contributed by atoms with Crippen LogP contribution in [0.3, 0.4) is 0 Å². The summed E-state index contributed by atoms with van der Waals surface area (Å²) in [5, 5.41) is 6.35. The van der Waals surface area contributed by atoms with Gasteiger partial charge in [0, 0.05) is 18.6 Å². The van der Waals surface area contributed by atoms with Crippen LogP contribution in [-0.2, 0) is 4.79 Å². The second-order valence-corrected chi connectivity index (χ2v) is 5.99. The SMILES string of the molecule is Cc1nc2sccn2c1C(=O)N/N=C1\SCC(=O)N1C. The van der Waals surface area contributed by atoms with Crippen LogP contribution >= 0.6 is 23.1 Å². The minimum absolute atomic E-state index is 0.0243. The molecule has 0 bridgehead atoms. The summed E-state index contributed by atoms with van der Waals surface area (Å²) in [6, 6.07) is 0. The lowest BCUT2D eigenvalue weighted by atomic mass is 10.3. The van der Waals surface area contributed by atoms with Crippen molar-refractivity contribution in [1.29, 1.82) is 0 Å². The van der Waals surface area contributed by atoms with Crippen LogP contribution in [-0.4, -0.2) is 44.1 Å². The van der Waals surface area contributed by atoms with Crippen LogP contribution in [0, 0.1) is 6.92 Å². The Balaban J connectivity index is 1.83. The van der Waals surface area contributed by atoms with Crippen molar-refractivity contribution in [3.05, 3.63) is 23.0 Å². The van der Waals surface area contributed by atoms with Gasteiger partial charge in [0.15, 0.2) is 10.1 Å². The molecule has 3 rings (SSSR count). The highest BCUT2D eigenvalue weighted by Gasteiger charge is 2.25. The van der Waals surface area contributed by atoms with Gasteiger partial charge in [-0.15, -0.1) is 16.4 Å². The molecule has 1 fully saturated rings. The van der Waals surface area contributed by atoms with Crippen molar-refractivity contribution in [2.45, 2.75) is 6.92 Å². The lowest BCUT2D eigenvalue weighted by molar-refractivity contribution is -0.123. The van der Waals surface area contributed by atoms with Crippen molar-refractivity contribution < 1.29 is 9.59 Å². The number of thioether (sulfide) groups is 1. The largest absolute Gasteiger partial charge is 0.292 e. The summed E-state index contributed by atoms with van der Waals surface area (Å²) < 4.78 is 1.73. The van der Waals surface area contributed by atoms with E-state index >= 15 is 0 Å². The zero-order chi connectivity index (χ0) is 14.3. The zero-order valence-corrected chi connectivity index (χ0v) is 12.4. The molecule has 0 aromatic carbocycles. The quantitative estimate of drug-likeness (QED) is 0.836. The molecule has 0 aliphatic carbocycles. The van der Waals surface area contributed by atoms with Crippen molar-refractivity contribution in [2.75, 3.05) is 12.8 Å². The highest BCUT2D eigenvalue weighted by Crippen LogP contribution is 2.18. The fraction of sp³-hybridized carbons (Fsp3) is 0.273. The number of aromatic nitrogens is 2. The number of nitrogens with one attached hydrogen (secondary N) is 1. The third-order valence-corrected chi connectivity index (χ3v) is 4.66. The maximum Gasteiger partial charge on any atom is 0.290 e. The Morgan fingerprint density at radius 3 is 3.05 bits per heavy atom. The number of imidazole rings is 1. The van der Waals surface area contributed by atoms with E-state index in [4.69, 9.17) is 0 Å². The van der Waals surface area contributed by atoms with Crippen molar-refractivity contribution in [3.63, 3.8) is 0 Å². The fourth-order valence-corrected chi connectivity index (χ4v) is 3.46. The van der Waals surface area contributed by atoms with E-state index in [1.165, 1.54) is 28.0 Å². The number of amides is 2. The van der Waals surface area contributed by atoms with Gasteiger partial charge in [-0.05, 0) is 6.92 Å². The van der Waals surface area contributed by atoms with Crippen LogP contribution in [0.25, 0.3) is 4.96 Å². The number of rotatable bonds is 2. The Morgan fingerprint density at radius 2 is 2.35 bits per heavy atom. The van der Waals surface area contributed by atoms with Crippen molar-refractivity contribution in [2.24, 2.45) is 5.10 Å². The van der Waals surface area contributed by atoms with Gasteiger partial charge in [0.1, 0.15) is 5.69 Å². The van der Waals surface area contributed by atoms with Gasteiger partial charge in [0.25, 0.3) is 5.91 Å². The van der Waals surface area contributed by atoms with Gasteiger partial charge >= 0.3 is 0 Å². The van der Waals surface area contributed by atoms with E-state index in [0.29, 0.717) is 22.3 Å². The second-order valence-electron chi connectivity index (χ2n) is 4.18. The second kappa shape index (κ2) is 4.91. The van der Waals surface area contributed by atoms with Gasteiger partial charge in [0.2, 0.25) is 5.91 Å². The molecule has 2 aromatic rings. The molecule has 0 atom stereocenters. The monoisotopic (exact) mass is 309 g/mol. The molecule has 7 nitrogen and oxygen atoms in total. The van der Waals surface area contributed by atoms with Gasteiger partial charge in [-0.1, -0.05) is 11.8 Å². The molecular formula is C11H11N5O2S2. The third-order valence-electron chi connectivity index (χ3n) is 2.89. The van der Waals surface area contributed by atoms with E-state index in [1.54, 1.807) is 24.6 Å². The van der Waals surface area contributed by atoms with E-state index in [9.17, 15) is 9.59 Å². The van der Waals surface area contributed by atoms with E-state index in [0.717, 1.165) is 4.96 Å². The Labute approximate surface area is 122 Å². The number of hydrazone groups is 1. The molecule has 0 radical (unpaired) electrons. The lowest BCUT2D eigenvalue weighted by Gasteiger charge is -2.07. The first-order valence-corrected chi connectivity index (χ1v) is 7.64. The summed E-state index contributed by atoms with van der Waals surface area (Å²) >= 11 is 2.76. The first-order valence-electron chi connectivity index (χ1n) is 5.77. The predicted octanol–water partition coefficient (Wildman–Crippen LogP) is 0.910. The Bertz CT molecular complexity index is 732. The highest BCUT2D eigenvalue weighted by atomic mass is 32.2. The van der Waals surface area contributed by atoms with E-state index in [2.05, 4.69) is 15.5 Å². The number of carbonyl (C=O) groups is 2. The summed E-state index contributed by atoms with van der Waals surface area (Å²) in [4.78, 5) is 30.0. The minimum atomic E-state index is -0.339. The lowest BCUT2D eigenvalue weighted by Crippen LogP contribution is -2.28. The molecular weight excluding hydrogens is 298 g/mol. The van der Waals surface area contributed by atoms with E-state index in [-0.39, 0.29) is 11.8 Å².